The molecule has 0 saturated heterocycles. The van der Waals surface area contributed by atoms with Crippen LogP contribution >= 0.6 is 0 Å². The van der Waals surface area contributed by atoms with E-state index < -0.39 is 23.9 Å². The molecule has 0 aromatic rings. The van der Waals surface area contributed by atoms with Crippen LogP contribution in [0.15, 0.2) is 0 Å². The van der Waals surface area contributed by atoms with Crippen molar-refractivity contribution in [3.63, 3.8) is 0 Å². The molecule has 0 radical (unpaired) electrons. The molecule has 0 spiro atoms. The molecular weight excluding hydrogens is 258 g/mol. The first-order chi connectivity index (χ1) is 6.93. The van der Waals surface area contributed by atoms with Gasteiger partial charge in [-0.05, 0) is 27.7 Å². The van der Waals surface area contributed by atoms with Gasteiger partial charge in [0.1, 0.15) is 0 Å². The molecule has 0 aliphatic carbocycles. The van der Waals surface area contributed by atoms with E-state index in [-0.39, 0.29) is 38.0 Å². The van der Waals surface area contributed by atoms with Crippen LogP contribution in [-0.2, 0) is 19.2 Å². The summed E-state index contributed by atoms with van der Waals surface area (Å²) in [6.45, 7) is 3.89. The van der Waals surface area contributed by atoms with Crippen LogP contribution in [0, 0.1) is 0 Å². The van der Waals surface area contributed by atoms with E-state index >= 15 is 0 Å². The predicted octanol–water partition coefficient (Wildman–Crippen LogP) is -8.35. The number of hydrogen-bond donors (Lipinski definition) is 0. The average molecular weight is 270 g/mol. The van der Waals surface area contributed by atoms with Gasteiger partial charge in [-0.1, -0.05) is 0 Å². The van der Waals surface area contributed by atoms with Crippen molar-refractivity contribution in [3.05, 3.63) is 0 Å². The van der Waals surface area contributed by atoms with Gasteiger partial charge in [0.2, 0.25) is 0 Å². The van der Waals surface area contributed by atoms with Gasteiger partial charge in [0, 0.05) is 23.9 Å². The molecule has 0 amide bonds. The molecule has 10 heteroatoms. The number of carbonyl (C=O) groups excluding carboxylic acids is 4. The van der Waals surface area contributed by atoms with Gasteiger partial charge in [0.05, 0.1) is 0 Å². The van der Waals surface area contributed by atoms with E-state index in [1.54, 1.807) is 0 Å². The van der Waals surface area contributed by atoms with E-state index in [1.807, 2.05) is 0 Å². The molecule has 8 nitrogen and oxygen atoms in total. The van der Waals surface area contributed by atoms with Crippen molar-refractivity contribution in [3.8, 4) is 0 Å². The van der Waals surface area contributed by atoms with Crippen LogP contribution in [0.1, 0.15) is 27.7 Å². The van der Waals surface area contributed by atoms with Crippen molar-refractivity contribution in [2.24, 2.45) is 0 Å². The Bertz CT molecular complexity index is 167. The Morgan fingerprint density at radius 1 is 0.556 bits per heavy atom. The fraction of sp³-hybridized carbons (Fsp3) is 0.500. The van der Waals surface area contributed by atoms with E-state index in [0.29, 0.717) is 0 Å². The summed E-state index contributed by atoms with van der Waals surface area (Å²) >= 11 is 0. The van der Waals surface area contributed by atoms with Crippen molar-refractivity contribution in [1.29, 1.82) is 0 Å². The molecule has 0 aromatic carbocycles. The summed E-state index contributed by atoms with van der Waals surface area (Å²) in [5, 5.41) is 35.6. The van der Waals surface area contributed by atoms with Gasteiger partial charge < -0.3 is 39.6 Å². The van der Waals surface area contributed by atoms with E-state index in [2.05, 4.69) is 0 Å². The Hall–Kier alpha value is -1.06. The summed E-state index contributed by atoms with van der Waals surface area (Å²) in [6.07, 6.45) is 0. The van der Waals surface area contributed by atoms with Crippen LogP contribution in [0.3, 0.4) is 0 Å². The minimum Gasteiger partial charge on any atom is -0.550 e. The van der Waals surface area contributed by atoms with Crippen LogP contribution in [0.4, 0.5) is 0 Å². The van der Waals surface area contributed by atoms with Gasteiger partial charge in [0.25, 0.3) is 0 Å². The normalized spacial score (nSPS) is 5.56. The Labute approximate surface area is 129 Å². The zero-order valence-corrected chi connectivity index (χ0v) is 12.8. The van der Waals surface area contributed by atoms with Gasteiger partial charge in [0.15, 0.2) is 0 Å². The molecule has 18 heavy (non-hydrogen) atoms. The number of carbonyl (C=O) groups is 4. The van der Waals surface area contributed by atoms with Crippen LogP contribution < -0.4 is 50.0 Å². The topological polar surface area (TPSA) is 161 Å². The summed E-state index contributed by atoms with van der Waals surface area (Å²) in [5.41, 5.74) is 0. The van der Waals surface area contributed by atoms with Crippen LogP contribution in [0.25, 0.3) is 0 Å². The fourth-order valence-corrected chi connectivity index (χ4v) is 0. The summed E-state index contributed by atoms with van der Waals surface area (Å²) in [5.74, 6) is -4.33. The van der Waals surface area contributed by atoms with Gasteiger partial charge in [-0.15, -0.1) is 0 Å². The van der Waals surface area contributed by atoms with Crippen molar-refractivity contribution < 1.29 is 69.2 Å². The first-order valence-corrected chi connectivity index (χ1v) is 3.63. The number of carboxylic acids is 4. The second-order valence-electron chi connectivity index (χ2n) is 1.97. The zero-order chi connectivity index (χ0) is 14.3. The second kappa shape index (κ2) is 29.7. The average Bonchev–Trinajstić information content (AvgIpc) is 1.76. The third-order valence-electron chi connectivity index (χ3n) is 0. The first kappa shape index (κ1) is 36.0. The molecule has 0 fully saturated rings. The smallest absolute Gasteiger partial charge is 0.550 e. The Balaban J connectivity index is -0.0000000257. The third-order valence-corrected chi connectivity index (χ3v) is 0. The molecule has 96 valence electrons. The third kappa shape index (κ3) is 2610. The fourth-order valence-electron chi connectivity index (χ4n) is 0. The molecule has 0 N–H and O–H groups in total. The van der Waals surface area contributed by atoms with Crippen molar-refractivity contribution in [2.45, 2.75) is 27.7 Å². The molecule has 0 rings (SSSR count). The minimum atomic E-state index is -1.08. The first-order valence-electron chi connectivity index (χ1n) is 3.63. The predicted molar refractivity (Wildman–Crippen MR) is 48.5 cm³/mol. The summed E-state index contributed by atoms with van der Waals surface area (Å²) < 4.78 is 0. The molecule has 0 aliphatic heterocycles. The summed E-state index contributed by atoms with van der Waals surface area (Å²) in [4.78, 5) is 35.6. The molecule has 0 saturated carbocycles. The maximum Gasteiger partial charge on any atom is 3.00 e. The molecular formula is C8H12BNaO8. The van der Waals surface area contributed by atoms with E-state index in [4.69, 9.17) is 39.6 Å². The molecule has 0 unspecified atom stereocenters. The van der Waals surface area contributed by atoms with Gasteiger partial charge >= 0.3 is 38.0 Å². The number of rotatable bonds is 0. The molecule has 0 atom stereocenters. The Kier molecular flexibility index (Phi) is 59.4. The zero-order valence-electron chi connectivity index (χ0n) is 10.8. The van der Waals surface area contributed by atoms with Gasteiger partial charge in [-0.3, -0.25) is 0 Å². The Morgan fingerprint density at radius 3 is 0.556 bits per heavy atom. The largest absolute Gasteiger partial charge is 3.00 e. The maximum absolute atomic E-state index is 8.89. The Morgan fingerprint density at radius 2 is 0.556 bits per heavy atom. The quantitative estimate of drug-likeness (QED) is 0.392. The SMILES string of the molecule is CC(=O)[O-].CC(=O)[O-].CC(=O)[O-].CC(=O)[O-].[B+3].[Na+]. The van der Waals surface area contributed by atoms with Crippen LogP contribution in [0.2, 0.25) is 0 Å². The van der Waals surface area contributed by atoms with Gasteiger partial charge in [-0.2, -0.15) is 0 Å². The van der Waals surface area contributed by atoms with Crippen molar-refractivity contribution in [1.82, 2.24) is 0 Å². The molecule has 0 aliphatic rings. The summed E-state index contributed by atoms with van der Waals surface area (Å²) in [7, 11) is 0. The molecule has 0 bridgehead atoms. The van der Waals surface area contributed by atoms with E-state index in [1.165, 1.54) is 0 Å². The van der Waals surface area contributed by atoms with Gasteiger partial charge in [-0.25, -0.2) is 0 Å². The summed E-state index contributed by atoms with van der Waals surface area (Å²) in [6, 6.07) is 0. The number of carboxylic acid groups (broad SMARTS) is 4. The maximum atomic E-state index is 8.89. The molecule has 0 aromatic heterocycles. The monoisotopic (exact) mass is 270 g/mol. The van der Waals surface area contributed by atoms with Crippen LogP contribution in [0.5, 0.6) is 0 Å². The minimum absolute atomic E-state index is 0. The van der Waals surface area contributed by atoms with Crippen LogP contribution in [-0.4, -0.2) is 32.3 Å². The standard InChI is InChI=1S/4C2H4O2.B.Na/c4*1-2(3)4;;/h4*1H3,(H,3,4);;/q;;;;+3;+1/p-4. The number of hydrogen-bond acceptors (Lipinski definition) is 8. The van der Waals surface area contributed by atoms with Crippen molar-refractivity contribution >= 4 is 32.3 Å². The van der Waals surface area contributed by atoms with E-state index in [9.17, 15) is 0 Å². The molecule has 0 heterocycles. The number of aliphatic carboxylic acids is 4. The second-order valence-corrected chi connectivity index (χ2v) is 1.97. The van der Waals surface area contributed by atoms with E-state index in [0.717, 1.165) is 27.7 Å². The van der Waals surface area contributed by atoms with Crippen molar-refractivity contribution in [2.75, 3.05) is 0 Å².